The fourth-order valence-electron chi connectivity index (χ4n) is 2.59. The van der Waals surface area contributed by atoms with E-state index in [1.807, 2.05) is 0 Å². The smallest absolute Gasteiger partial charge is 0.228 e. The highest BCUT2D eigenvalue weighted by molar-refractivity contribution is 5.32. The molecule has 0 radical (unpaired) electrons. The van der Waals surface area contributed by atoms with E-state index in [4.69, 9.17) is 4.74 Å². The normalized spacial score (nSPS) is 20.9. The largest absolute Gasteiger partial charge is 0.481 e. The first-order chi connectivity index (χ1) is 8.70. The fraction of sp³-hybridized carbons (Fsp3) is 0.714. The molecular formula is C14H23N3O. The zero-order chi connectivity index (χ0) is 13.0. The number of anilines is 1. The lowest BCUT2D eigenvalue weighted by atomic mass is 9.89. The van der Waals surface area contributed by atoms with Gasteiger partial charge in [-0.2, -0.15) is 4.98 Å². The SMILES string of the molecule is COc1ccnc(N2CCCC(C(C)C)CC2)n1. The Bertz CT molecular complexity index is 381. The second-order valence-electron chi connectivity index (χ2n) is 5.32. The van der Waals surface area contributed by atoms with Gasteiger partial charge < -0.3 is 9.64 Å². The third kappa shape index (κ3) is 3.12. The molecule has 4 heteroatoms. The van der Waals surface area contributed by atoms with E-state index >= 15 is 0 Å². The van der Waals surface area contributed by atoms with E-state index in [1.165, 1.54) is 19.3 Å². The van der Waals surface area contributed by atoms with E-state index < -0.39 is 0 Å². The number of rotatable bonds is 3. The first-order valence-corrected chi connectivity index (χ1v) is 6.82. The molecule has 1 fully saturated rings. The average Bonchev–Trinajstić information content (AvgIpc) is 2.64. The van der Waals surface area contributed by atoms with E-state index in [0.29, 0.717) is 5.88 Å². The number of aromatic nitrogens is 2. The van der Waals surface area contributed by atoms with Gasteiger partial charge in [-0.1, -0.05) is 13.8 Å². The second-order valence-corrected chi connectivity index (χ2v) is 5.32. The minimum atomic E-state index is 0.643. The first-order valence-electron chi connectivity index (χ1n) is 6.82. The van der Waals surface area contributed by atoms with Crippen LogP contribution in [0.15, 0.2) is 12.3 Å². The molecule has 0 N–H and O–H groups in total. The van der Waals surface area contributed by atoms with E-state index in [2.05, 4.69) is 28.7 Å². The van der Waals surface area contributed by atoms with Gasteiger partial charge in [0, 0.05) is 25.4 Å². The monoisotopic (exact) mass is 249 g/mol. The molecule has 1 aliphatic heterocycles. The summed E-state index contributed by atoms with van der Waals surface area (Å²) < 4.78 is 5.16. The third-order valence-corrected chi connectivity index (χ3v) is 3.82. The molecule has 0 aromatic carbocycles. The van der Waals surface area contributed by atoms with Gasteiger partial charge in [-0.15, -0.1) is 0 Å². The van der Waals surface area contributed by atoms with E-state index in [-0.39, 0.29) is 0 Å². The van der Waals surface area contributed by atoms with Crippen LogP contribution in [0.3, 0.4) is 0 Å². The predicted molar refractivity (Wildman–Crippen MR) is 73.0 cm³/mol. The van der Waals surface area contributed by atoms with Gasteiger partial charge in [-0.25, -0.2) is 4.98 Å². The zero-order valence-corrected chi connectivity index (χ0v) is 11.6. The van der Waals surface area contributed by atoms with Gasteiger partial charge in [0.05, 0.1) is 7.11 Å². The average molecular weight is 249 g/mol. The lowest BCUT2D eigenvalue weighted by Gasteiger charge is -2.21. The molecular weight excluding hydrogens is 226 g/mol. The standard InChI is InChI=1S/C14H23N3O/c1-11(2)12-5-4-9-17(10-7-12)14-15-8-6-13(16-14)18-3/h6,8,11-12H,4-5,7,9-10H2,1-3H3. The Morgan fingerprint density at radius 1 is 1.33 bits per heavy atom. The van der Waals surface area contributed by atoms with Crippen LogP contribution in [-0.4, -0.2) is 30.2 Å². The predicted octanol–water partition coefficient (Wildman–Crippen LogP) is 2.75. The molecule has 0 saturated carbocycles. The molecule has 2 rings (SSSR count). The molecule has 1 saturated heterocycles. The van der Waals surface area contributed by atoms with Crippen molar-refractivity contribution < 1.29 is 4.74 Å². The van der Waals surface area contributed by atoms with Crippen molar-refractivity contribution in [2.45, 2.75) is 33.1 Å². The Kier molecular flexibility index (Phi) is 4.39. The number of hydrogen-bond donors (Lipinski definition) is 0. The molecule has 100 valence electrons. The lowest BCUT2D eigenvalue weighted by molar-refractivity contribution is 0.351. The molecule has 1 unspecified atom stereocenters. The molecule has 0 aliphatic carbocycles. The Hall–Kier alpha value is -1.32. The lowest BCUT2D eigenvalue weighted by Crippen LogP contribution is -2.26. The van der Waals surface area contributed by atoms with Crippen LogP contribution in [0.5, 0.6) is 5.88 Å². The third-order valence-electron chi connectivity index (χ3n) is 3.82. The topological polar surface area (TPSA) is 38.2 Å². The van der Waals surface area contributed by atoms with Crippen molar-refractivity contribution in [2.75, 3.05) is 25.1 Å². The molecule has 1 aromatic rings. The summed E-state index contributed by atoms with van der Waals surface area (Å²) in [4.78, 5) is 11.1. The van der Waals surface area contributed by atoms with Crippen molar-refractivity contribution in [3.63, 3.8) is 0 Å². The van der Waals surface area contributed by atoms with Crippen molar-refractivity contribution in [3.05, 3.63) is 12.3 Å². The van der Waals surface area contributed by atoms with Crippen molar-refractivity contribution in [1.82, 2.24) is 9.97 Å². The van der Waals surface area contributed by atoms with Crippen LogP contribution >= 0.6 is 0 Å². The van der Waals surface area contributed by atoms with Crippen LogP contribution < -0.4 is 9.64 Å². The van der Waals surface area contributed by atoms with Gasteiger partial charge in [0.15, 0.2) is 0 Å². The van der Waals surface area contributed by atoms with Crippen molar-refractivity contribution in [1.29, 1.82) is 0 Å². The number of methoxy groups -OCH3 is 1. The summed E-state index contributed by atoms with van der Waals surface area (Å²) in [5.41, 5.74) is 0. The molecule has 0 amide bonds. The maximum absolute atomic E-state index is 5.16. The summed E-state index contributed by atoms with van der Waals surface area (Å²) >= 11 is 0. The summed E-state index contributed by atoms with van der Waals surface area (Å²) in [5.74, 6) is 3.06. The maximum Gasteiger partial charge on any atom is 0.228 e. The van der Waals surface area contributed by atoms with Crippen molar-refractivity contribution in [2.24, 2.45) is 11.8 Å². The van der Waals surface area contributed by atoms with Crippen LogP contribution in [0.1, 0.15) is 33.1 Å². The van der Waals surface area contributed by atoms with Crippen molar-refractivity contribution >= 4 is 5.95 Å². The highest BCUT2D eigenvalue weighted by Crippen LogP contribution is 2.26. The second kappa shape index (κ2) is 6.03. The van der Waals surface area contributed by atoms with E-state index in [9.17, 15) is 0 Å². The minimum Gasteiger partial charge on any atom is -0.481 e. The molecule has 1 atom stereocenters. The van der Waals surface area contributed by atoms with Gasteiger partial charge in [0.1, 0.15) is 0 Å². The summed E-state index contributed by atoms with van der Waals surface area (Å²) in [5, 5.41) is 0. The minimum absolute atomic E-state index is 0.643. The molecule has 0 bridgehead atoms. The molecule has 1 aromatic heterocycles. The quantitative estimate of drug-likeness (QED) is 0.825. The molecule has 18 heavy (non-hydrogen) atoms. The van der Waals surface area contributed by atoms with Gasteiger partial charge in [-0.05, 0) is 31.1 Å². The molecule has 0 spiro atoms. The van der Waals surface area contributed by atoms with E-state index in [0.717, 1.165) is 30.9 Å². The van der Waals surface area contributed by atoms with Gasteiger partial charge in [0.25, 0.3) is 0 Å². The maximum atomic E-state index is 5.16. The summed E-state index contributed by atoms with van der Waals surface area (Å²) in [6.45, 7) is 6.75. The first kappa shape index (κ1) is 13.1. The fourth-order valence-corrected chi connectivity index (χ4v) is 2.59. The Morgan fingerprint density at radius 3 is 2.89 bits per heavy atom. The van der Waals surface area contributed by atoms with Gasteiger partial charge in [-0.3, -0.25) is 0 Å². The number of ether oxygens (including phenoxy) is 1. The van der Waals surface area contributed by atoms with Gasteiger partial charge in [0.2, 0.25) is 11.8 Å². The van der Waals surface area contributed by atoms with Crippen LogP contribution in [0, 0.1) is 11.8 Å². The van der Waals surface area contributed by atoms with Gasteiger partial charge >= 0.3 is 0 Å². The number of hydrogen-bond acceptors (Lipinski definition) is 4. The molecule has 2 heterocycles. The Labute approximate surface area is 109 Å². The van der Waals surface area contributed by atoms with Crippen LogP contribution in [0.25, 0.3) is 0 Å². The Morgan fingerprint density at radius 2 is 2.17 bits per heavy atom. The number of nitrogens with zero attached hydrogens (tertiary/aromatic N) is 3. The zero-order valence-electron chi connectivity index (χ0n) is 11.6. The summed E-state index contributed by atoms with van der Waals surface area (Å²) in [7, 11) is 1.64. The van der Waals surface area contributed by atoms with Crippen molar-refractivity contribution in [3.8, 4) is 5.88 Å². The Balaban J connectivity index is 2.04. The highest BCUT2D eigenvalue weighted by atomic mass is 16.5. The summed E-state index contributed by atoms with van der Waals surface area (Å²) in [6, 6.07) is 1.79. The highest BCUT2D eigenvalue weighted by Gasteiger charge is 2.20. The van der Waals surface area contributed by atoms with Crippen LogP contribution in [0.2, 0.25) is 0 Å². The molecule has 4 nitrogen and oxygen atoms in total. The summed E-state index contributed by atoms with van der Waals surface area (Å²) in [6.07, 6.45) is 5.55. The molecule has 1 aliphatic rings. The van der Waals surface area contributed by atoms with Crippen LogP contribution in [0.4, 0.5) is 5.95 Å². The van der Waals surface area contributed by atoms with Crippen LogP contribution in [-0.2, 0) is 0 Å². The van der Waals surface area contributed by atoms with E-state index in [1.54, 1.807) is 19.4 Å².